The predicted octanol–water partition coefficient (Wildman–Crippen LogP) is 2.03. The maximum Gasteiger partial charge on any atom is 0.522 e. The number of rotatable bonds is 0. The summed E-state index contributed by atoms with van der Waals surface area (Å²) >= 11 is 0. The van der Waals surface area contributed by atoms with Crippen molar-refractivity contribution >= 4 is 10.1 Å². The molecule has 0 aliphatic rings. The molecule has 0 aliphatic carbocycles. The van der Waals surface area contributed by atoms with Gasteiger partial charge in [0.2, 0.25) is 11.4 Å². The smallest absolute Gasteiger partial charge is 0.279 e. The molecule has 0 spiro atoms. The average molecular weight is 290 g/mol. The minimum atomic E-state index is -5.84. The molecular formula is C9H12F4NO3S+. The van der Waals surface area contributed by atoms with Gasteiger partial charge in [-0.3, -0.25) is 4.55 Å². The molecule has 0 saturated heterocycles. The second-order valence-electron chi connectivity index (χ2n) is 3.52. The number of pyridine rings is 1. The summed E-state index contributed by atoms with van der Waals surface area (Å²) in [7, 11) is -5.84. The average Bonchev–Trinajstić information content (AvgIpc) is 2.11. The highest BCUT2D eigenvalue weighted by Crippen LogP contribution is 2.20. The Hall–Kier alpha value is -1.22. The Kier molecular flexibility index (Phi) is 5.23. The molecule has 0 aliphatic heterocycles. The molecule has 1 aromatic rings. The van der Waals surface area contributed by atoms with E-state index in [0.717, 1.165) is 5.56 Å². The van der Waals surface area contributed by atoms with Crippen molar-refractivity contribution in [2.45, 2.75) is 26.3 Å². The van der Waals surface area contributed by atoms with E-state index >= 15 is 0 Å². The van der Waals surface area contributed by atoms with E-state index in [1.54, 1.807) is 13.8 Å². The van der Waals surface area contributed by atoms with Gasteiger partial charge in [-0.1, -0.05) is 0 Å². The van der Waals surface area contributed by atoms with Crippen molar-refractivity contribution in [3.8, 4) is 0 Å². The Morgan fingerprint density at radius 2 is 1.39 bits per heavy atom. The quantitative estimate of drug-likeness (QED) is 0.452. The molecule has 9 heteroatoms. The lowest BCUT2D eigenvalue weighted by molar-refractivity contribution is -0.852. The first-order valence-electron chi connectivity index (χ1n) is 4.56. The van der Waals surface area contributed by atoms with Crippen LogP contribution in [0, 0.1) is 20.8 Å². The van der Waals surface area contributed by atoms with Gasteiger partial charge in [0.05, 0.1) is 4.48 Å². The first-order valence-corrected chi connectivity index (χ1v) is 6.00. The van der Waals surface area contributed by atoms with E-state index in [1.165, 1.54) is 0 Å². The number of aromatic nitrogens is 1. The van der Waals surface area contributed by atoms with Crippen LogP contribution in [0.1, 0.15) is 17.0 Å². The summed E-state index contributed by atoms with van der Waals surface area (Å²) < 4.78 is 70.4. The van der Waals surface area contributed by atoms with Gasteiger partial charge in [0.1, 0.15) is 0 Å². The molecule has 0 unspecified atom stereocenters. The van der Waals surface area contributed by atoms with Crippen LogP contribution in [0.5, 0.6) is 0 Å². The number of aryl methyl sites for hydroxylation is 3. The molecule has 0 saturated carbocycles. The van der Waals surface area contributed by atoms with Gasteiger partial charge in [0.25, 0.3) is 0 Å². The molecule has 1 heterocycles. The van der Waals surface area contributed by atoms with Crippen molar-refractivity contribution in [2.75, 3.05) is 0 Å². The Morgan fingerprint density at radius 3 is 1.61 bits per heavy atom. The van der Waals surface area contributed by atoms with Crippen molar-refractivity contribution in [2.24, 2.45) is 0 Å². The fourth-order valence-corrected chi connectivity index (χ4v) is 1.09. The first kappa shape index (κ1) is 16.8. The molecule has 104 valence electrons. The van der Waals surface area contributed by atoms with E-state index in [9.17, 15) is 17.7 Å². The van der Waals surface area contributed by atoms with Crippen LogP contribution in [-0.4, -0.2) is 18.5 Å². The van der Waals surface area contributed by atoms with Crippen LogP contribution in [0.15, 0.2) is 12.1 Å². The topological polar surface area (TPSA) is 58.2 Å². The van der Waals surface area contributed by atoms with Gasteiger partial charge in [-0.25, -0.2) is 0 Å². The second-order valence-corrected chi connectivity index (χ2v) is 4.93. The molecule has 1 aromatic heterocycles. The van der Waals surface area contributed by atoms with E-state index in [-0.39, 0.29) is 0 Å². The summed E-state index contributed by atoms with van der Waals surface area (Å²) in [5, 5.41) is 0. The molecule has 18 heavy (non-hydrogen) atoms. The summed E-state index contributed by atoms with van der Waals surface area (Å²) in [6.45, 7) is 5.46. The molecule has 4 nitrogen and oxygen atoms in total. The maximum atomic E-state index is 12.8. The van der Waals surface area contributed by atoms with Crippen LogP contribution in [0.2, 0.25) is 0 Å². The molecule has 0 aromatic carbocycles. The van der Waals surface area contributed by atoms with Crippen molar-refractivity contribution in [3.63, 3.8) is 0 Å². The molecule has 0 fully saturated rings. The Labute approximate surface area is 102 Å². The van der Waals surface area contributed by atoms with E-state index < -0.39 is 15.6 Å². The lowest BCUT2D eigenvalue weighted by Gasteiger charge is -1.97. The van der Waals surface area contributed by atoms with Crippen LogP contribution in [0.25, 0.3) is 0 Å². The summed E-state index contributed by atoms with van der Waals surface area (Å²) in [6.07, 6.45) is 0. The highest BCUT2D eigenvalue weighted by atomic mass is 32.2. The monoisotopic (exact) mass is 290 g/mol. The second kappa shape index (κ2) is 5.61. The SMILES string of the molecule is Cc1cc(C)[n+](F)c(C)c1.O=S(=O)(O)C(F)(F)F. The summed E-state index contributed by atoms with van der Waals surface area (Å²) in [5.74, 6) is 0. The number of hydrogen-bond acceptors (Lipinski definition) is 2. The van der Waals surface area contributed by atoms with E-state index in [0.29, 0.717) is 16.2 Å². The largest absolute Gasteiger partial charge is 0.522 e. The third-order valence-electron chi connectivity index (χ3n) is 1.78. The number of halogens is 4. The summed E-state index contributed by atoms with van der Waals surface area (Å²) in [5.41, 5.74) is -3.13. The van der Waals surface area contributed by atoms with Gasteiger partial charge in [0.15, 0.2) is 0 Å². The minimum Gasteiger partial charge on any atom is -0.279 e. The molecule has 0 atom stereocenters. The third kappa shape index (κ3) is 4.96. The lowest BCUT2D eigenvalue weighted by atomic mass is 10.2. The zero-order chi connectivity index (χ0) is 14.7. The Bertz CT molecular complexity index is 502. The van der Waals surface area contributed by atoms with Crippen LogP contribution in [0.4, 0.5) is 17.7 Å². The molecule has 1 N–H and O–H groups in total. The number of alkyl halides is 3. The summed E-state index contributed by atoms with van der Waals surface area (Å²) in [4.78, 5) is 0.688. The highest BCUT2D eigenvalue weighted by molar-refractivity contribution is 7.86. The lowest BCUT2D eigenvalue weighted by Crippen LogP contribution is -2.30. The number of hydrogen-bond donors (Lipinski definition) is 1. The molecular weight excluding hydrogens is 278 g/mol. The fourth-order valence-electron chi connectivity index (χ4n) is 1.09. The van der Waals surface area contributed by atoms with Gasteiger partial charge >= 0.3 is 15.6 Å². The third-order valence-corrected chi connectivity index (χ3v) is 2.37. The van der Waals surface area contributed by atoms with Crippen molar-refractivity contribution in [3.05, 3.63) is 29.1 Å². The van der Waals surface area contributed by atoms with Gasteiger partial charge in [0, 0.05) is 30.8 Å². The highest BCUT2D eigenvalue weighted by Gasteiger charge is 2.44. The van der Waals surface area contributed by atoms with Crippen molar-refractivity contribution in [1.82, 2.24) is 0 Å². The van der Waals surface area contributed by atoms with Gasteiger partial charge < -0.3 is 0 Å². The molecule has 0 bridgehead atoms. The van der Waals surface area contributed by atoms with Gasteiger partial charge in [-0.2, -0.15) is 21.6 Å². The van der Waals surface area contributed by atoms with Crippen LogP contribution in [-0.2, 0) is 10.1 Å². The van der Waals surface area contributed by atoms with Gasteiger partial charge in [-0.15, -0.1) is 0 Å². The first-order chi connectivity index (χ1) is 7.86. The molecule has 1 rings (SSSR count). The van der Waals surface area contributed by atoms with E-state index in [1.807, 2.05) is 19.1 Å². The predicted molar refractivity (Wildman–Crippen MR) is 55.0 cm³/mol. The van der Waals surface area contributed by atoms with Crippen LogP contribution in [0.3, 0.4) is 0 Å². The molecule has 0 radical (unpaired) electrons. The zero-order valence-electron chi connectivity index (χ0n) is 9.79. The Morgan fingerprint density at radius 1 is 1.11 bits per heavy atom. The Balaban J connectivity index is 0.000000331. The fraction of sp³-hybridized carbons (Fsp3) is 0.444. The standard InChI is InChI=1S/C8H11FN.CHF3O3S/c1-6-4-7(2)10(9)8(3)5-6;2-1(3,4)8(5,6)7/h4-5H,1-3H3;(H,5,6,7)/q+1;. The van der Waals surface area contributed by atoms with Crippen molar-refractivity contribution in [1.29, 1.82) is 0 Å². The normalized spacial score (nSPS) is 11.8. The van der Waals surface area contributed by atoms with Crippen molar-refractivity contribution < 1.29 is 35.4 Å². The van der Waals surface area contributed by atoms with Crippen LogP contribution < -0.4 is 4.79 Å². The minimum absolute atomic E-state index is 0.650. The zero-order valence-corrected chi connectivity index (χ0v) is 10.6. The van der Waals surface area contributed by atoms with E-state index in [4.69, 9.17) is 13.0 Å². The maximum absolute atomic E-state index is 12.8. The van der Waals surface area contributed by atoms with E-state index in [2.05, 4.69) is 0 Å². The van der Waals surface area contributed by atoms with Crippen LogP contribution >= 0.6 is 0 Å². The molecule has 0 amide bonds. The van der Waals surface area contributed by atoms with Gasteiger partial charge in [-0.05, 0) is 12.5 Å². The summed E-state index contributed by atoms with van der Waals surface area (Å²) in [6, 6.07) is 3.62. The number of nitrogens with zero attached hydrogens (tertiary/aromatic N) is 1.